The van der Waals surface area contributed by atoms with E-state index < -0.39 is 0 Å². The van der Waals surface area contributed by atoms with Crippen molar-refractivity contribution in [1.29, 1.82) is 5.41 Å². The molecule has 2 amide bonds. The fourth-order valence-electron chi connectivity index (χ4n) is 4.87. The minimum Gasteiger partial charge on any atom is -0.398 e. The van der Waals surface area contributed by atoms with E-state index in [1.165, 1.54) is 6.21 Å². The summed E-state index contributed by atoms with van der Waals surface area (Å²) in [4.78, 5) is 33.1. The van der Waals surface area contributed by atoms with E-state index >= 15 is 0 Å². The summed E-state index contributed by atoms with van der Waals surface area (Å²) >= 11 is 0. The van der Waals surface area contributed by atoms with Crippen LogP contribution in [0.15, 0.2) is 36.4 Å². The predicted octanol–water partition coefficient (Wildman–Crippen LogP) is 3.88. The van der Waals surface area contributed by atoms with Gasteiger partial charge in [0.2, 0.25) is 5.91 Å². The zero-order valence-electron chi connectivity index (χ0n) is 21.1. The van der Waals surface area contributed by atoms with Crippen LogP contribution in [0.25, 0.3) is 22.2 Å². The fourth-order valence-corrected chi connectivity index (χ4v) is 4.87. The average Bonchev–Trinajstić information content (AvgIpc) is 2.93. The van der Waals surface area contributed by atoms with Gasteiger partial charge in [-0.2, -0.15) is 0 Å². The largest absolute Gasteiger partial charge is 0.398 e. The number of amides is 2. The van der Waals surface area contributed by atoms with Crippen LogP contribution in [-0.4, -0.2) is 65.6 Å². The molecule has 188 valence electrons. The van der Waals surface area contributed by atoms with Gasteiger partial charge in [0.25, 0.3) is 5.91 Å². The van der Waals surface area contributed by atoms with Crippen LogP contribution in [0.2, 0.25) is 0 Å². The minimum atomic E-state index is -0.0252. The van der Waals surface area contributed by atoms with Gasteiger partial charge in [0.15, 0.2) is 0 Å². The lowest BCUT2D eigenvalue weighted by Crippen LogP contribution is -2.50. The third kappa shape index (κ3) is 4.68. The first-order chi connectivity index (χ1) is 17.5. The fraction of sp³-hybridized carbons (Fsp3) is 0.357. The topological polar surface area (TPSA) is 113 Å². The molecule has 1 saturated heterocycles. The van der Waals surface area contributed by atoms with Crippen molar-refractivity contribution >= 4 is 34.6 Å². The lowest BCUT2D eigenvalue weighted by molar-refractivity contribution is -0.130. The molecule has 0 radical (unpaired) electrons. The second-order valence-corrected chi connectivity index (χ2v) is 8.70. The highest BCUT2D eigenvalue weighted by Gasteiger charge is 2.25. The summed E-state index contributed by atoms with van der Waals surface area (Å²) in [6.45, 7) is 8.83. The van der Waals surface area contributed by atoms with E-state index in [2.05, 4.69) is 0 Å². The maximum atomic E-state index is 13.0. The van der Waals surface area contributed by atoms with E-state index in [9.17, 15) is 9.59 Å². The summed E-state index contributed by atoms with van der Waals surface area (Å²) in [6.07, 6.45) is 2.01. The molecule has 36 heavy (non-hydrogen) atoms. The number of hydrogen-bond donors (Lipinski definition) is 2. The van der Waals surface area contributed by atoms with E-state index in [-0.39, 0.29) is 11.8 Å². The van der Waals surface area contributed by atoms with Crippen LogP contribution in [0.5, 0.6) is 0 Å². The first-order valence-electron chi connectivity index (χ1n) is 12.5. The molecule has 1 aromatic heterocycles. The molecule has 8 heteroatoms. The molecule has 0 spiro atoms. The molecule has 3 N–H and O–H groups in total. The molecule has 3 aromatic rings. The van der Waals surface area contributed by atoms with E-state index in [4.69, 9.17) is 20.9 Å². The van der Waals surface area contributed by atoms with Gasteiger partial charge in [-0.25, -0.2) is 4.98 Å². The Hall–Kier alpha value is -3.78. The van der Waals surface area contributed by atoms with Gasteiger partial charge in [0.1, 0.15) is 0 Å². The monoisotopic (exact) mass is 487 g/mol. The molecule has 2 aliphatic heterocycles. The molecular weight excluding hydrogens is 454 g/mol. The number of carbonyl (C=O) groups is 2. The number of carbonyl (C=O) groups excluding carboxylic acids is 2. The number of aromatic nitrogens is 1. The van der Waals surface area contributed by atoms with Crippen LogP contribution in [-0.2, 0) is 22.6 Å². The molecule has 2 aromatic carbocycles. The number of piperazine rings is 1. The Morgan fingerprint density at radius 3 is 2.31 bits per heavy atom. The van der Waals surface area contributed by atoms with Gasteiger partial charge < -0.3 is 25.7 Å². The Morgan fingerprint density at radius 1 is 1.00 bits per heavy atom. The highest BCUT2D eigenvalue weighted by atomic mass is 16.5. The maximum absolute atomic E-state index is 13.0. The summed E-state index contributed by atoms with van der Waals surface area (Å²) in [5.74, 6) is 0.0197. The second-order valence-electron chi connectivity index (χ2n) is 8.70. The number of nitrogens with two attached hydrogens (primary N) is 1. The van der Waals surface area contributed by atoms with Crippen LogP contribution >= 0.6 is 0 Å². The molecule has 5 rings (SSSR count). The maximum Gasteiger partial charge on any atom is 0.253 e. The highest BCUT2D eigenvalue weighted by molar-refractivity contribution is 6.05. The molecule has 1 fully saturated rings. The molecular formula is C28H33N5O3. The number of benzene rings is 2. The van der Waals surface area contributed by atoms with Crippen molar-refractivity contribution in [3.63, 3.8) is 0 Å². The number of anilines is 1. The quantitative estimate of drug-likeness (QED) is 0.430. The van der Waals surface area contributed by atoms with E-state index in [0.717, 1.165) is 39.7 Å². The van der Waals surface area contributed by atoms with Crippen LogP contribution < -0.4 is 5.73 Å². The number of hydrogen-bond acceptors (Lipinski definition) is 6. The molecule has 0 atom stereocenters. The first kappa shape index (κ1) is 25.3. The number of rotatable bonds is 3. The minimum absolute atomic E-state index is 0.0252. The Kier molecular flexibility index (Phi) is 7.64. The summed E-state index contributed by atoms with van der Waals surface area (Å²) in [7, 11) is 0. The van der Waals surface area contributed by atoms with Crippen LogP contribution in [0.3, 0.4) is 0 Å². The number of fused-ring (bicyclic) bond motifs is 3. The molecule has 0 aliphatic carbocycles. The van der Waals surface area contributed by atoms with E-state index in [0.29, 0.717) is 56.2 Å². The lowest BCUT2D eigenvalue weighted by atomic mass is 9.91. The van der Waals surface area contributed by atoms with Crippen LogP contribution in [0, 0.1) is 5.41 Å². The van der Waals surface area contributed by atoms with Crippen molar-refractivity contribution in [3.05, 3.63) is 58.7 Å². The van der Waals surface area contributed by atoms with Crippen molar-refractivity contribution in [2.75, 3.05) is 38.5 Å². The average molecular weight is 488 g/mol. The normalized spacial score (nSPS) is 15.1. The Balaban J connectivity index is 0.00000148. The number of nitrogen functional groups attached to an aromatic ring is 1. The van der Waals surface area contributed by atoms with E-state index in [1.807, 2.05) is 44.2 Å². The smallest absolute Gasteiger partial charge is 0.253 e. The number of nitrogens with zero attached hydrogens (tertiary/aromatic N) is 3. The van der Waals surface area contributed by atoms with Gasteiger partial charge >= 0.3 is 0 Å². The molecule has 0 unspecified atom stereocenters. The zero-order valence-corrected chi connectivity index (χ0v) is 21.1. The van der Waals surface area contributed by atoms with Crippen molar-refractivity contribution in [2.45, 2.75) is 33.8 Å². The van der Waals surface area contributed by atoms with Gasteiger partial charge in [-0.15, -0.1) is 0 Å². The first-order valence-corrected chi connectivity index (χ1v) is 12.5. The predicted molar refractivity (Wildman–Crippen MR) is 142 cm³/mol. The lowest BCUT2D eigenvalue weighted by Gasteiger charge is -2.34. The van der Waals surface area contributed by atoms with Crippen LogP contribution in [0.1, 0.15) is 47.8 Å². The molecule has 0 bridgehead atoms. The van der Waals surface area contributed by atoms with Gasteiger partial charge in [0, 0.05) is 67.1 Å². The van der Waals surface area contributed by atoms with Crippen molar-refractivity contribution in [3.8, 4) is 11.3 Å². The highest BCUT2D eigenvalue weighted by Crippen LogP contribution is 2.36. The van der Waals surface area contributed by atoms with Crippen molar-refractivity contribution in [1.82, 2.24) is 14.8 Å². The molecule has 3 heterocycles. The number of ether oxygens (including phenoxy) is 1. The van der Waals surface area contributed by atoms with E-state index in [1.54, 1.807) is 22.8 Å². The molecule has 2 aliphatic rings. The summed E-state index contributed by atoms with van der Waals surface area (Å²) in [5, 5.41) is 8.73. The molecule has 8 nitrogen and oxygen atoms in total. The number of pyridine rings is 1. The standard InChI is InChI=1S/C26H27N5O3.C2H6/c1-16(32)30-9-11-31(12-10-30)26(33)18-4-2-17(3-5-18)25-19-8-13-34-15-21(19)24-20(14-27)22(28)6-7-23(24)29-25;1-2/h2-7,14,27H,8-13,15,28H2,1H3;1-2H3. The SMILES string of the molecule is CC.CC(=O)N1CCN(C(=O)c2ccc(-c3nc4ccc(N)c(C=N)c4c4c3CCOC4)cc2)CC1. The van der Waals surface area contributed by atoms with Gasteiger partial charge in [-0.1, -0.05) is 26.0 Å². The third-order valence-electron chi connectivity index (χ3n) is 6.75. The second kappa shape index (κ2) is 10.9. The Morgan fingerprint density at radius 2 is 1.67 bits per heavy atom. The third-order valence-corrected chi connectivity index (χ3v) is 6.75. The van der Waals surface area contributed by atoms with Gasteiger partial charge in [-0.3, -0.25) is 9.59 Å². The Labute approximate surface area is 211 Å². The molecule has 0 saturated carbocycles. The van der Waals surface area contributed by atoms with Crippen LogP contribution in [0.4, 0.5) is 5.69 Å². The number of nitrogens with one attached hydrogen (secondary N) is 1. The van der Waals surface area contributed by atoms with Crippen molar-refractivity contribution in [2.24, 2.45) is 0 Å². The summed E-state index contributed by atoms with van der Waals surface area (Å²) in [5.41, 5.74) is 12.7. The zero-order chi connectivity index (χ0) is 25.8. The van der Waals surface area contributed by atoms with Crippen molar-refractivity contribution < 1.29 is 14.3 Å². The summed E-state index contributed by atoms with van der Waals surface area (Å²) < 4.78 is 5.76. The van der Waals surface area contributed by atoms with Gasteiger partial charge in [-0.05, 0) is 41.8 Å². The summed E-state index contributed by atoms with van der Waals surface area (Å²) in [6, 6.07) is 11.2. The van der Waals surface area contributed by atoms with Gasteiger partial charge in [0.05, 0.1) is 24.4 Å². The Bertz CT molecular complexity index is 1300.